The number of carbonyl (C=O) groups is 1. The van der Waals surface area contributed by atoms with Crippen LogP contribution in [0.25, 0.3) is 0 Å². The summed E-state index contributed by atoms with van der Waals surface area (Å²) >= 11 is 0. The first-order chi connectivity index (χ1) is 13.0. The summed E-state index contributed by atoms with van der Waals surface area (Å²) in [5, 5.41) is 13.5. The molecule has 10 heteroatoms. The molecule has 152 valence electrons. The number of carbonyl (C=O) groups excluding carboxylic acids is 1. The highest BCUT2D eigenvalue weighted by molar-refractivity contribution is 5.95. The summed E-state index contributed by atoms with van der Waals surface area (Å²) < 4.78 is 29.4. The predicted octanol–water partition coefficient (Wildman–Crippen LogP) is 1.93. The molecule has 1 N–H and O–H groups in total. The minimum Gasteiger partial charge on any atom is -0.342 e. The van der Waals surface area contributed by atoms with E-state index in [1.165, 1.54) is 24.3 Å². The molecule has 0 unspecified atom stereocenters. The van der Waals surface area contributed by atoms with Gasteiger partial charge in [0.25, 0.3) is 11.6 Å². The summed E-state index contributed by atoms with van der Waals surface area (Å²) in [5.74, 6) is -2.24. The maximum Gasteiger partial charge on any atom is 0.269 e. The van der Waals surface area contributed by atoms with Crippen LogP contribution in [-0.4, -0.2) is 53.1 Å². The zero-order valence-corrected chi connectivity index (χ0v) is 15.9. The Bertz CT molecular complexity index is 793. The van der Waals surface area contributed by atoms with Gasteiger partial charge in [-0.15, -0.1) is 0 Å². The first kappa shape index (κ1) is 19.2. The molecule has 28 heavy (non-hydrogen) atoms. The Morgan fingerprint density at radius 3 is 2.18 bits per heavy atom. The Hall–Kier alpha value is -2.11. The van der Waals surface area contributed by atoms with Crippen molar-refractivity contribution in [2.24, 2.45) is 0 Å². The number of rotatable bonds is 3. The second-order valence-corrected chi connectivity index (χ2v) is 7.88. The van der Waals surface area contributed by atoms with E-state index in [0.717, 1.165) is 0 Å². The van der Waals surface area contributed by atoms with E-state index in [-0.39, 0.29) is 5.69 Å². The lowest BCUT2D eigenvalue weighted by atomic mass is 9.98. The third-order valence-corrected chi connectivity index (χ3v) is 4.76. The normalized spacial score (nSPS) is 35.1. The van der Waals surface area contributed by atoms with Crippen LogP contribution in [0.2, 0.25) is 0 Å². The van der Waals surface area contributed by atoms with Gasteiger partial charge >= 0.3 is 0 Å². The number of benzene rings is 1. The van der Waals surface area contributed by atoms with Crippen LogP contribution in [0.5, 0.6) is 0 Å². The third kappa shape index (κ3) is 3.49. The Balaban J connectivity index is 1.54. The van der Waals surface area contributed by atoms with Crippen LogP contribution in [0.15, 0.2) is 24.3 Å². The minimum atomic E-state index is -0.999. The fourth-order valence-electron chi connectivity index (χ4n) is 3.70. The number of nitrogens with zero attached hydrogens (tertiary/aromatic N) is 1. The third-order valence-electron chi connectivity index (χ3n) is 4.76. The molecule has 3 aliphatic heterocycles. The van der Waals surface area contributed by atoms with Crippen molar-refractivity contribution in [2.75, 3.05) is 5.32 Å². The summed E-state index contributed by atoms with van der Waals surface area (Å²) in [5.41, 5.74) is 0.336. The van der Waals surface area contributed by atoms with E-state index in [0.29, 0.717) is 5.69 Å². The maximum absolute atomic E-state index is 12.9. The van der Waals surface area contributed by atoms with Gasteiger partial charge in [-0.1, -0.05) is 0 Å². The molecule has 5 atom stereocenters. The molecular weight excluding hydrogens is 372 g/mol. The van der Waals surface area contributed by atoms with Crippen LogP contribution in [0.3, 0.4) is 0 Å². The summed E-state index contributed by atoms with van der Waals surface area (Å²) in [6.45, 7) is 7.03. The molecule has 3 saturated heterocycles. The molecule has 1 amide bonds. The van der Waals surface area contributed by atoms with Crippen molar-refractivity contribution in [1.29, 1.82) is 0 Å². The highest BCUT2D eigenvalue weighted by atomic mass is 16.9. The maximum atomic E-state index is 12.9. The number of fused-ring (bicyclic) bond motifs is 3. The Morgan fingerprint density at radius 1 is 0.964 bits per heavy atom. The molecule has 3 aliphatic rings. The molecule has 0 aromatic heterocycles. The average molecular weight is 394 g/mol. The van der Waals surface area contributed by atoms with Crippen molar-refractivity contribution in [2.45, 2.75) is 70.0 Å². The number of anilines is 1. The van der Waals surface area contributed by atoms with Gasteiger partial charge in [-0.25, -0.2) is 0 Å². The van der Waals surface area contributed by atoms with E-state index in [9.17, 15) is 14.9 Å². The number of amides is 1. The lowest BCUT2D eigenvalue weighted by Crippen LogP contribution is -2.58. The van der Waals surface area contributed by atoms with Crippen molar-refractivity contribution in [1.82, 2.24) is 0 Å². The molecule has 0 bridgehead atoms. The van der Waals surface area contributed by atoms with E-state index in [1.807, 2.05) is 0 Å². The van der Waals surface area contributed by atoms with Crippen LogP contribution in [0.1, 0.15) is 27.7 Å². The van der Waals surface area contributed by atoms with Crippen LogP contribution in [-0.2, 0) is 28.5 Å². The number of nitrogens with one attached hydrogen (secondary N) is 1. The van der Waals surface area contributed by atoms with Gasteiger partial charge in [0.05, 0.1) is 4.92 Å². The van der Waals surface area contributed by atoms with Gasteiger partial charge in [0.2, 0.25) is 0 Å². The largest absolute Gasteiger partial charge is 0.342 e. The van der Waals surface area contributed by atoms with Gasteiger partial charge < -0.3 is 29.0 Å². The van der Waals surface area contributed by atoms with Gasteiger partial charge in [0.15, 0.2) is 24.0 Å². The molecule has 3 heterocycles. The van der Waals surface area contributed by atoms with E-state index >= 15 is 0 Å². The standard InChI is InChI=1S/C18H22N2O8/c1-17(2)25-11-12(26-17)14-16(28-18(3,4)27-14)24-13(11)15(21)19-9-5-7-10(8-6-9)20(22)23/h5-8,11-14,16H,1-4H3,(H,19,21)/t11-,12-,13+,14+,16-/m0/s1. The van der Waals surface area contributed by atoms with Crippen molar-refractivity contribution < 1.29 is 33.4 Å². The molecule has 0 aliphatic carbocycles. The lowest BCUT2D eigenvalue weighted by molar-refractivity contribution is -0.384. The minimum absolute atomic E-state index is 0.0668. The first-order valence-corrected chi connectivity index (χ1v) is 8.97. The smallest absolute Gasteiger partial charge is 0.269 e. The molecule has 0 spiro atoms. The second kappa shape index (κ2) is 6.46. The van der Waals surface area contributed by atoms with Crippen molar-refractivity contribution in [3.05, 3.63) is 34.4 Å². The Labute approximate surface area is 161 Å². The van der Waals surface area contributed by atoms with Crippen molar-refractivity contribution in [3.8, 4) is 0 Å². The van der Waals surface area contributed by atoms with Crippen LogP contribution >= 0.6 is 0 Å². The molecule has 3 fully saturated rings. The second-order valence-electron chi connectivity index (χ2n) is 7.88. The lowest BCUT2D eigenvalue weighted by Gasteiger charge is -2.36. The SMILES string of the molecule is CC1(C)O[C@@H]2O[C@@H](C(=O)Nc3ccc([N+](=O)[O-])cc3)[C@H]3OC(C)(C)O[C@@H]3[C@H]2O1. The Kier molecular flexibility index (Phi) is 4.43. The van der Waals surface area contributed by atoms with Crippen molar-refractivity contribution >= 4 is 17.3 Å². The van der Waals surface area contributed by atoms with Gasteiger partial charge in [0.1, 0.15) is 18.3 Å². The van der Waals surface area contributed by atoms with Gasteiger partial charge in [-0.05, 0) is 39.8 Å². The number of ether oxygens (including phenoxy) is 5. The van der Waals surface area contributed by atoms with Gasteiger partial charge in [-0.2, -0.15) is 0 Å². The van der Waals surface area contributed by atoms with E-state index in [2.05, 4.69) is 5.32 Å². The zero-order valence-electron chi connectivity index (χ0n) is 15.9. The number of hydrogen-bond acceptors (Lipinski definition) is 8. The topological polar surface area (TPSA) is 118 Å². The number of nitro benzene ring substituents is 1. The molecule has 1 aromatic carbocycles. The fraction of sp³-hybridized carbons (Fsp3) is 0.611. The summed E-state index contributed by atoms with van der Waals surface area (Å²) in [6.07, 6.45) is -3.53. The highest BCUT2D eigenvalue weighted by Gasteiger charge is 2.62. The molecule has 4 rings (SSSR count). The number of nitro groups is 1. The molecule has 0 radical (unpaired) electrons. The summed E-state index contributed by atoms with van der Waals surface area (Å²) in [4.78, 5) is 23.1. The first-order valence-electron chi connectivity index (χ1n) is 8.97. The monoisotopic (exact) mass is 394 g/mol. The average Bonchev–Trinajstić information content (AvgIpc) is 3.08. The van der Waals surface area contributed by atoms with E-state index in [4.69, 9.17) is 23.7 Å². The van der Waals surface area contributed by atoms with Crippen LogP contribution in [0.4, 0.5) is 11.4 Å². The van der Waals surface area contributed by atoms with Crippen LogP contribution in [0, 0.1) is 10.1 Å². The summed E-state index contributed by atoms with van der Waals surface area (Å²) in [7, 11) is 0. The molecule has 10 nitrogen and oxygen atoms in total. The summed E-state index contributed by atoms with van der Waals surface area (Å²) in [6, 6.07) is 5.52. The Morgan fingerprint density at radius 2 is 1.54 bits per heavy atom. The zero-order chi connectivity index (χ0) is 20.3. The molecule has 1 aromatic rings. The van der Waals surface area contributed by atoms with Gasteiger partial charge in [0, 0.05) is 17.8 Å². The predicted molar refractivity (Wildman–Crippen MR) is 94.2 cm³/mol. The van der Waals surface area contributed by atoms with Crippen LogP contribution < -0.4 is 5.32 Å². The number of hydrogen-bond donors (Lipinski definition) is 1. The quantitative estimate of drug-likeness (QED) is 0.610. The van der Waals surface area contributed by atoms with E-state index < -0.39 is 53.1 Å². The van der Waals surface area contributed by atoms with E-state index in [1.54, 1.807) is 27.7 Å². The van der Waals surface area contributed by atoms with Gasteiger partial charge in [-0.3, -0.25) is 14.9 Å². The highest BCUT2D eigenvalue weighted by Crippen LogP contribution is 2.44. The fourth-order valence-corrected chi connectivity index (χ4v) is 3.70. The van der Waals surface area contributed by atoms with Crippen molar-refractivity contribution in [3.63, 3.8) is 0 Å². The molecular formula is C18H22N2O8. The number of non-ortho nitro benzene ring substituents is 1. The molecule has 0 saturated carbocycles.